The summed E-state index contributed by atoms with van der Waals surface area (Å²) in [4.78, 5) is 21.5. The predicted molar refractivity (Wildman–Crippen MR) is 47.9 cm³/mol. The number of amides is 1. The summed E-state index contributed by atoms with van der Waals surface area (Å²) in [5.74, 6) is -1.06. The molecule has 0 aromatic carbocycles. The molecule has 1 unspecified atom stereocenters. The number of rotatable bonds is 4. The number of carbonyl (C=O) groups is 2. The lowest BCUT2D eigenvalue weighted by Crippen LogP contribution is -2.47. The molecule has 0 aromatic rings. The Morgan fingerprint density at radius 1 is 1.38 bits per heavy atom. The fourth-order valence-corrected chi connectivity index (χ4v) is 1.33. The van der Waals surface area contributed by atoms with Crippen LogP contribution in [-0.2, 0) is 9.59 Å². The maximum atomic E-state index is 11.1. The lowest BCUT2D eigenvalue weighted by molar-refractivity contribution is -0.150. The summed E-state index contributed by atoms with van der Waals surface area (Å²) >= 11 is 0. The van der Waals surface area contributed by atoms with E-state index in [0.717, 1.165) is 0 Å². The van der Waals surface area contributed by atoms with Gasteiger partial charge in [0.1, 0.15) is 0 Å². The highest BCUT2D eigenvalue weighted by Gasteiger charge is 2.20. The van der Waals surface area contributed by atoms with Crippen LogP contribution in [0.2, 0.25) is 0 Å². The Kier molecular flexibility index (Phi) is 4.40. The minimum atomic E-state index is -0.902. The van der Waals surface area contributed by atoms with Gasteiger partial charge in [-0.3, -0.25) is 14.6 Å². The molecule has 5 nitrogen and oxygen atoms in total. The van der Waals surface area contributed by atoms with Gasteiger partial charge in [0, 0.05) is 21.0 Å². The highest BCUT2D eigenvalue weighted by atomic mass is 16.4. The van der Waals surface area contributed by atoms with Crippen LogP contribution in [-0.4, -0.2) is 47.1 Å². The van der Waals surface area contributed by atoms with Crippen molar-refractivity contribution in [3.8, 4) is 0 Å². The first kappa shape index (κ1) is 11.9. The Bertz CT molecular complexity index is 204. The number of hydrogen-bond acceptors (Lipinski definition) is 3. The molecule has 0 radical (unpaired) electrons. The van der Waals surface area contributed by atoms with Gasteiger partial charge in [0.15, 0.2) is 0 Å². The number of hydrazine groups is 1. The molecule has 0 rings (SSSR count). The molecule has 0 saturated heterocycles. The zero-order chi connectivity index (χ0) is 10.6. The van der Waals surface area contributed by atoms with Crippen LogP contribution in [0.3, 0.4) is 0 Å². The van der Waals surface area contributed by atoms with Gasteiger partial charge in [-0.15, -0.1) is 0 Å². The van der Waals surface area contributed by atoms with E-state index in [4.69, 9.17) is 5.11 Å². The molecule has 0 bridgehead atoms. The van der Waals surface area contributed by atoms with E-state index in [9.17, 15) is 9.59 Å². The quantitative estimate of drug-likeness (QED) is 0.639. The Labute approximate surface area is 77.9 Å². The maximum absolute atomic E-state index is 11.1. The zero-order valence-corrected chi connectivity index (χ0v) is 8.44. The van der Waals surface area contributed by atoms with E-state index < -0.39 is 5.97 Å². The van der Waals surface area contributed by atoms with Gasteiger partial charge in [0.05, 0.1) is 12.5 Å². The van der Waals surface area contributed by atoms with Crippen molar-refractivity contribution in [1.82, 2.24) is 10.0 Å². The molecule has 76 valence electrons. The predicted octanol–water partition coefficient (Wildman–Crippen LogP) is 0.175. The van der Waals surface area contributed by atoms with Gasteiger partial charge in [-0.1, -0.05) is 0 Å². The van der Waals surface area contributed by atoms with Gasteiger partial charge >= 0.3 is 5.97 Å². The van der Waals surface area contributed by atoms with Crippen LogP contribution >= 0.6 is 0 Å². The van der Waals surface area contributed by atoms with Crippen molar-refractivity contribution in [1.29, 1.82) is 0 Å². The van der Waals surface area contributed by atoms with E-state index >= 15 is 0 Å². The molecule has 1 amide bonds. The SMILES string of the molecule is CC(=O)N(C(C)CC(=O)O)N(C)C. The molecule has 0 aromatic heterocycles. The second-order valence-corrected chi connectivity index (χ2v) is 3.16. The average Bonchev–Trinajstić information content (AvgIpc) is 1.81. The number of carboxylic acid groups (broad SMARTS) is 1. The Balaban J connectivity index is 4.37. The minimum Gasteiger partial charge on any atom is -0.481 e. The molecule has 0 saturated carbocycles. The lowest BCUT2D eigenvalue weighted by Gasteiger charge is -2.32. The van der Waals surface area contributed by atoms with Gasteiger partial charge < -0.3 is 5.11 Å². The van der Waals surface area contributed by atoms with Crippen LogP contribution in [0, 0.1) is 0 Å². The topological polar surface area (TPSA) is 60.9 Å². The average molecular weight is 188 g/mol. The summed E-state index contributed by atoms with van der Waals surface area (Å²) in [6.07, 6.45) is -0.0439. The highest BCUT2D eigenvalue weighted by molar-refractivity contribution is 5.74. The first-order chi connectivity index (χ1) is 5.86. The van der Waals surface area contributed by atoms with Crippen molar-refractivity contribution in [2.75, 3.05) is 14.1 Å². The third kappa shape index (κ3) is 3.89. The molecule has 0 fully saturated rings. The van der Waals surface area contributed by atoms with Crippen LogP contribution in [0.1, 0.15) is 20.3 Å². The number of nitrogens with zero attached hydrogens (tertiary/aromatic N) is 2. The summed E-state index contributed by atoms with van der Waals surface area (Å²) in [6.45, 7) is 3.12. The van der Waals surface area contributed by atoms with Gasteiger partial charge in [-0.05, 0) is 6.92 Å². The summed E-state index contributed by atoms with van der Waals surface area (Å²) in [7, 11) is 3.42. The molecule has 0 aliphatic carbocycles. The summed E-state index contributed by atoms with van der Waals surface area (Å²) < 4.78 is 0. The van der Waals surface area contributed by atoms with Crippen LogP contribution in [0.4, 0.5) is 0 Å². The highest BCUT2D eigenvalue weighted by Crippen LogP contribution is 2.05. The molecule has 1 atom stereocenters. The summed E-state index contributed by atoms with van der Waals surface area (Å²) in [6, 6.07) is -0.315. The second kappa shape index (κ2) is 4.81. The third-order valence-electron chi connectivity index (χ3n) is 1.64. The van der Waals surface area contributed by atoms with Gasteiger partial charge in [-0.2, -0.15) is 0 Å². The Morgan fingerprint density at radius 2 is 1.85 bits per heavy atom. The molecule has 13 heavy (non-hydrogen) atoms. The lowest BCUT2D eigenvalue weighted by atomic mass is 10.2. The fraction of sp³-hybridized carbons (Fsp3) is 0.750. The molecule has 0 spiro atoms. The number of carbonyl (C=O) groups excluding carboxylic acids is 1. The van der Waals surface area contributed by atoms with E-state index in [-0.39, 0.29) is 18.4 Å². The standard InChI is InChI=1S/C8H16N2O3/c1-6(5-8(12)13)10(7(2)11)9(3)4/h6H,5H2,1-4H3,(H,12,13). The van der Waals surface area contributed by atoms with Crippen LogP contribution < -0.4 is 0 Å². The zero-order valence-electron chi connectivity index (χ0n) is 8.44. The van der Waals surface area contributed by atoms with E-state index in [0.29, 0.717) is 0 Å². The van der Waals surface area contributed by atoms with Crippen molar-refractivity contribution < 1.29 is 14.7 Å². The van der Waals surface area contributed by atoms with Crippen LogP contribution in [0.15, 0.2) is 0 Å². The maximum Gasteiger partial charge on any atom is 0.305 e. The smallest absolute Gasteiger partial charge is 0.305 e. The first-order valence-corrected chi connectivity index (χ1v) is 4.05. The number of hydrogen-bond donors (Lipinski definition) is 1. The number of carboxylic acids is 1. The third-order valence-corrected chi connectivity index (χ3v) is 1.64. The first-order valence-electron chi connectivity index (χ1n) is 4.05. The van der Waals surface area contributed by atoms with Gasteiger partial charge in [-0.25, -0.2) is 5.01 Å². The van der Waals surface area contributed by atoms with E-state index in [1.165, 1.54) is 11.9 Å². The Morgan fingerprint density at radius 3 is 2.08 bits per heavy atom. The van der Waals surface area contributed by atoms with E-state index in [1.807, 2.05) is 0 Å². The van der Waals surface area contributed by atoms with Crippen molar-refractivity contribution in [3.63, 3.8) is 0 Å². The largest absolute Gasteiger partial charge is 0.481 e. The summed E-state index contributed by atoms with van der Waals surface area (Å²) in [5, 5.41) is 11.5. The van der Waals surface area contributed by atoms with E-state index in [1.54, 1.807) is 26.0 Å². The van der Waals surface area contributed by atoms with Gasteiger partial charge in [0.25, 0.3) is 0 Å². The van der Waals surface area contributed by atoms with E-state index in [2.05, 4.69) is 0 Å². The number of aliphatic carboxylic acids is 1. The fourth-order valence-electron chi connectivity index (χ4n) is 1.33. The molecule has 0 aliphatic heterocycles. The monoisotopic (exact) mass is 188 g/mol. The molecule has 0 aliphatic rings. The molecule has 5 heteroatoms. The second-order valence-electron chi connectivity index (χ2n) is 3.16. The van der Waals surface area contributed by atoms with Gasteiger partial charge in [0.2, 0.25) is 5.91 Å². The van der Waals surface area contributed by atoms with Crippen LogP contribution in [0.25, 0.3) is 0 Å². The molecular formula is C8H16N2O3. The van der Waals surface area contributed by atoms with Crippen molar-refractivity contribution in [2.45, 2.75) is 26.3 Å². The van der Waals surface area contributed by atoms with Crippen molar-refractivity contribution in [2.24, 2.45) is 0 Å². The Hall–Kier alpha value is -1.10. The minimum absolute atomic E-state index is 0.0439. The van der Waals surface area contributed by atoms with Crippen molar-refractivity contribution in [3.05, 3.63) is 0 Å². The normalized spacial score (nSPS) is 12.7. The van der Waals surface area contributed by atoms with Crippen molar-refractivity contribution >= 4 is 11.9 Å². The molecular weight excluding hydrogens is 172 g/mol. The summed E-state index contributed by atoms with van der Waals surface area (Å²) in [5.41, 5.74) is 0. The molecule has 1 N–H and O–H groups in total. The molecule has 0 heterocycles. The van der Waals surface area contributed by atoms with Crippen LogP contribution in [0.5, 0.6) is 0 Å².